The van der Waals surface area contributed by atoms with Crippen LogP contribution in [-0.2, 0) is 11.3 Å². The zero-order chi connectivity index (χ0) is 18.5. The average Bonchev–Trinajstić information content (AvgIpc) is 3.04. The standard InChI is InChI=1S/C18H21N7O2/c26-18(13-27-17-6-5-16-21-20-14-25(16)22-17)24-9-3-8-23(10-11-24)12-15-4-1-2-7-19-15/h1-2,4-7,14H,3,8-13H2. The number of pyridine rings is 1. The van der Waals surface area contributed by atoms with E-state index in [0.29, 0.717) is 18.1 Å². The van der Waals surface area contributed by atoms with Crippen molar-refractivity contribution in [1.29, 1.82) is 0 Å². The molecule has 3 aromatic heterocycles. The van der Waals surface area contributed by atoms with Gasteiger partial charge in [0.15, 0.2) is 12.3 Å². The van der Waals surface area contributed by atoms with Crippen molar-refractivity contribution < 1.29 is 9.53 Å². The van der Waals surface area contributed by atoms with Gasteiger partial charge < -0.3 is 9.64 Å². The zero-order valence-electron chi connectivity index (χ0n) is 14.9. The molecular formula is C18H21N7O2. The van der Waals surface area contributed by atoms with Crippen molar-refractivity contribution in [2.75, 3.05) is 32.8 Å². The third-order valence-corrected chi connectivity index (χ3v) is 4.53. The predicted octanol–water partition coefficient (Wildman–Crippen LogP) is 0.633. The van der Waals surface area contributed by atoms with Gasteiger partial charge in [-0.15, -0.1) is 15.3 Å². The van der Waals surface area contributed by atoms with Gasteiger partial charge in [-0.3, -0.25) is 14.7 Å². The molecule has 0 saturated carbocycles. The lowest BCUT2D eigenvalue weighted by Crippen LogP contribution is -2.38. The highest BCUT2D eigenvalue weighted by Crippen LogP contribution is 2.10. The van der Waals surface area contributed by atoms with Crippen molar-refractivity contribution in [1.82, 2.24) is 34.6 Å². The minimum absolute atomic E-state index is 0.0269. The van der Waals surface area contributed by atoms with E-state index in [2.05, 4.69) is 25.2 Å². The predicted molar refractivity (Wildman–Crippen MR) is 97.0 cm³/mol. The van der Waals surface area contributed by atoms with Crippen molar-refractivity contribution in [2.45, 2.75) is 13.0 Å². The van der Waals surface area contributed by atoms with Crippen LogP contribution >= 0.6 is 0 Å². The van der Waals surface area contributed by atoms with Crippen molar-refractivity contribution >= 4 is 11.6 Å². The maximum atomic E-state index is 12.5. The summed E-state index contributed by atoms with van der Waals surface area (Å²) in [4.78, 5) is 21.1. The van der Waals surface area contributed by atoms with Crippen LogP contribution in [0, 0.1) is 0 Å². The lowest BCUT2D eigenvalue weighted by Gasteiger charge is -2.21. The molecule has 4 heterocycles. The summed E-state index contributed by atoms with van der Waals surface area (Å²) in [5, 5.41) is 11.9. The molecule has 0 radical (unpaired) electrons. The van der Waals surface area contributed by atoms with Crippen LogP contribution in [0.15, 0.2) is 42.9 Å². The maximum absolute atomic E-state index is 12.5. The number of hydrogen-bond donors (Lipinski definition) is 0. The number of hydrogen-bond acceptors (Lipinski definition) is 7. The normalized spacial score (nSPS) is 15.6. The first-order chi connectivity index (χ1) is 13.3. The molecule has 1 fully saturated rings. The van der Waals surface area contributed by atoms with Crippen LogP contribution in [0.4, 0.5) is 0 Å². The van der Waals surface area contributed by atoms with E-state index in [9.17, 15) is 4.79 Å². The van der Waals surface area contributed by atoms with E-state index in [1.54, 1.807) is 12.1 Å². The molecule has 1 aliphatic heterocycles. The Hall–Kier alpha value is -3.07. The van der Waals surface area contributed by atoms with Crippen LogP contribution in [0.2, 0.25) is 0 Å². The molecule has 1 aliphatic rings. The van der Waals surface area contributed by atoms with Crippen molar-refractivity contribution in [3.63, 3.8) is 0 Å². The summed E-state index contributed by atoms with van der Waals surface area (Å²) in [6.07, 6.45) is 4.24. The number of carbonyl (C=O) groups is 1. The second kappa shape index (κ2) is 8.09. The minimum atomic E-state index is -0.0275. The van der Waals surface area contributed by atoms with Crippen molar-refractivity contribution in [2.24, 2.45) is 0 Å². The summed E-state index contributed by atoms with van der Waals surface area (Å²) in [5.74, 6) is 0.350. The number of aromatic nitrogens is 5. The Labute approximate surface area is 156 Å². The van der Waals surface area contributed by atoms with E-state index < -0.39 is 0 Å². The van der Waals surface area contributed by atoms with E-state index >= 15 is 0 Å². The highest BCUT2D eigenvalue weighted by molar-refractivity contribution is 5.77. The number of carbonyl (C=O) groups excluding carboxylic acids is 1. The Morgan fingerprint density at radius 2 is 2.07 bits per heavy atom. The molecule has 27 heavy (non-hydrogen) atoms. The molecule has 9 nitrogen and oxygen atoms in total. The molecular weight excluding hydrogens is 346 g/mol. The van der Waals surface area contributed by atoms with Gasteiger partial charge in [0.2, 0.25) is 5.88 Å². The van der Waals surface area contributed by atoms with Crippen molar-refractivity contribution in [3.05, 3.63) is 48.5 Å². The van der Waals surface area contributed by atoms with Crippen molar-refractivity contribution in [3.8, 4) is 5.88 Å². The molecule has 0 atom stereocenters. The summed E-state index contributed by atoms with van der Waals surface area (Å²) in [5.41, 5.74) is 1.69. The lowest BCUT2D eigenvalue weighted by molar-refractivity contribution is -0.133. The summed E-state index contributed by atoms with van der Waals surface area (Å²) >= 11 is 0. The monoisotopic (exact) mass is 367 g/mol. The van der Waals surface area contributed by atoms with E-state index in [1.807, 2.05) is 29.3 Å². The largest absolute Gasteiger partial charge is 0.467 e. The topological polar surface area (TPSA) is 88.7 Å². The number of nitrogens with zero attached hydrogens (tertiary/aromatic N) is 7. The third-order valence-electron chi connectivity index (χ3n) is 4.53. The van der Waals surface area contributed by atoms with Gasteiger partial charge in [-0.1, -0.05) is 6.07 Å². The molecule has 140 valence electrons. The van der Waals surface area contributed by atoms with E-state index in [4.69, 9.17) is 4.74 Å². The smallest absolute Gasteiger partial charge is 0.260 e. The first-order valence-electron chi connectivity index (χ1n) is 8.98. The van der Waals surface area contributed by atoms with E-state index in [0.717, 1.165) is 38.3 Å². The number of ether oxygens (including phenoxy) is 1. The fourth-order valence-electron chi connectivity index (χ4n) is 3.11. The Bertz CT molecular complexity index is 899. The first kappa shape index (κ1) is 17.3. The van der Waals surface area contributed by atoms with Gasteiger partial charge in [0.25, 0.3) is 5.91 Å². The molecule has 1 saturated heterocycles. The van der Waals surface area contributed by atoms with Gasteiger partial charge in [-0.25, -0.2) is 0 Å². The van der Waals surface area contributed by atoms with Gasteiger partial charge in [0.05, 0.1) is 5.69 Å². The lowest BCUT2D eigenvalue weighted by atomic mass is 10.3. The SMILES string of the molecule is O=C(COc1ccc2nncn2n1)N1CCCN(Cc2ccccn2)CC1. The third kappa shape index (κ3) is 4.37. The molecule has 1 amide bonds. The van der Waals surface area contributed by atoms with Gasteiger partial charge in [-0.2, -0.15) is 4.52 Å². The van der Waals surface area contributed by atoms with Gasteiger partial charge >= 0.3 is 0 Å². The summed E-state index contributed by atoms with van der Waals surface area (Å²) in [7, 11) is 0. The highest BCUT2D eigenvalue weighted by atomic mass is 16.5. The van der Waals surface area contributed by atoms with E-state index in [-0.39, 0.29) is 12.5 Å². The molecule has 4 rings (SSSR count). The molecule has 3 aromatic rings. The quantitative estimate of drug-likeness (QED) is 0.653. The molecule has 0 aromatic carbocycles. The van der Waals surface area contributed by atoms with Crippen LogP contribution in [0.1, 0.15) is 12.1 Å². The van der Waals surface area contributed by atoms with Gasteiger partial charge in [0.1, 0.15) is 6.33 Å². The van der Waals surface area contributed by atoms with Crippen LogP contribution in [-0.4, -0.2) is 73.3 Å². The van der Waals surface area contributed by atoms with Crippen LogP contribution in [0.5, 0.6) is 5.88 Å². The second-order valence-corrected chi connectivity index (χ2v) is 6.43. The highest BCUT2D eigenvalue weighted by Gasteiger charge is 2.20. The summed E-state index contributed by atoms with van der Waals surface area (Å²) < 4.78 is 7.07. The zero-order valence-corrected chi connectivity index (χ0v) is 14.9. The van der Waals surface area contributed by atoms with Crippen LogP contribution in [0.3, 0.4) is 0 Å². The van der Waals surface area contributed by atoms with Gasteiger partial charge in [-0.05, 0) is 24.6 Å². The van der Waals surface area contributed by atoms with E-state index in [1.165, 1.54) is 10.8 Å². The molecule has 9 heteroatoms. The summed E-state index contributed by atoms with van der Waals surface area (Å²) in [6.45, 7) is 3.98. The average molecular weight is 367 g/mol. The Balaban J connectivity index is 1.28. The van der Waals surface area contributed by atoms with Crippen LogP contribution < -0.4 is 4.74 Å². The minimum Gasteiger partial charge on any atom is -0.467 e. The fourth-order valence-corrected chi connectivity index (χ4v) is 3.11. The maximum Gasteiger partial charge on any atom is 0.260 e. The molecule has 0 unspecified atom stereocenters. The molecule has 0 bridgehead atoms. The Kier molecular flexibility index (Phi) is 5.20. The fraction of sp³-hybridized carbons (Fsp3) is 0.389. The van der Waals surface area contributed by atoms with Gasteiger partial charge in [0, 0.05) is 45.0 Å². The first-order valence-corrected chi connectivity index (χ1v) is 8.98. The Morgan fingerprint density at radius 3 is 2.96 bits per heavy atom. The molecule has 0 N–H and O–H groups in total. The molecule has 0 aliphatic carbocycles. The molecule has 0 spiro atoms. The number of fused-ring (bicyclic) bond motifs is 1. The second-order valence-electron chi connectivity index (χ2n) is 6.43. The summed E-state index contributed by atoms with van der Waals surface area (Å²) in [6, 6.07) is 9.39. The van der Waals surface area contributed by atoms with Crippen LogP contribution in [0.25, 0.3) is 5.65 Å². The Morgan fingerprint density at radius 1 is 1.11 bits per heavy atom. The number of amides is 1. The number of rotatable bonds is 5.